The van der Waals surface area contributed by atoms with Gasteiger partial charge in [-0.3, -0.25) is 4.79 Å². The van der Waals surface area contributed by atoms with Crippen molar-refractivity contribution in [1.82, 2.24) is 10.2 Å². The Morgan fingerprint density at radius 2 is 1.70 bits per heavy atom. The molecule has 1 aromatic carbocycles. The van der Waals surface area contributed by atoms with Gasteiger partial charge in [0.2, 0.25) is 0 Å². The van der Waals surface area contributed by atoms with Gasteiger partial charge in [-0.15, -0.1) is 0 Å². The van der Waals surface area contributed by atoms with Gasteiger partial charge in [-0.25, -0.2) is 4.79 Å². The van der Waals surface area contributed by atoms with Crippen molar-refractivity contribution >= 4 is 12.0 Å². The van der Waals surface area contributed by atoms with Crippen molar-refractivity contribution in [1.29, 1.82) is 0 Å². The minimum atomic E-state index is -0.508. The van der Waals surface area contributed by atoms with Crippen LogP contribution in [-0.4, -0.2) is 36.6 Å². The van der Waals surface area contributed by atoms with Gasteiger partial charge in [0, 0.05) is 26.2 Å². The molecule has 0 atom stereocenters. The fourth-order valence-corrected chi connectivity index (χ4v) is 1.51. The van der Waals surface area contributed by atoms with Crippen LogP contribution in [0.2, 0.25) is 0 Å². The van der Waals surface area contributed by atoms with E-state index in [1.807, 2.05) is 32.9 Å². The van der Waals surface area contributed by atoms with Gasteiger partial charge in [-0.1, -0.05) is 12.1 Å². The maximum Gasteiger partial charge on any atom is 0.407 e. The van der Waals surface area contributed by atoms with Crippen LogP contribution in [0.5, 0.6) is 0 Å². The smallest absolute Gasteiger partial charge is 0.407 e. The van der Waals surface area contributed by atoms with Crippen molar-refractivity contribution in [2.75, 3.05) is 14.1 Å². The lowest BCUT2D eigenvalue weighted by Crippen LogP contribution is -2.32. The van der Waals surface area contributed by atoms with E-state index in [2.05, 4.69) is 5.32 Å². The fourth-order valence-electron chi connectivity index (χ4n) is 1.51. The Bertz CT molecular complexity index is 473. The van der Waals surface area contributed by atoms with Crippen LogP contribution in [0.3, 0.4) is 0 Å². The molecule has 20 heavy (non-hydrogen) atoms. The van der Waals surface area contributed by atoms with Crippen molar-refractivity contribution in [3.63, 3.8) is 0 Å². The van der Waals surface area contributed by atoms with Gasteiger partial charge in [0.25, 0.3) is 5.91 Å². The topological polar surface area (TPSA) is 58.6 Å². The molecule has 0 aliphatic carbocycles. The number of carbonyl (C=O) groups is 2. The summed E-state index contributed by atoms with van der Waals surface area (Å²) in [6.45, 7) is 5.81. The molecule has 5 nitrogen and oxygen atoms in total. The predicted octanol–water partition coefficient (Wildman–Crippen LogP) is 2.41. The Kier molecular flexibility index (Phi) is 5.13. The molecule has 0 radical (unpaired) electrons. The number of hydrogen-bond donors (Lipinski definition) is 1. The van der Waals surface area contributed by atoms with Gasteiger partial charge >= 0.3 is 6.09 Å². The number of hydrogen-bond acceptors (Lipinski definition) is 3. The van der Waals surface area contributed by atoms with Gasteiger partial charge in [0.05, 0.1) is 0 Å². The van der Waals surface area contributed by atoms with Gasteiger partial charge < -0.3 is 15.0 Å². The van der Waals surface area contributed by atoms with E-state index in [9.17, 15) is 9.59 Å². The second kappa shape index (κ2) is 6.41. The van der Waals surface area contributed by atoms with E-state index >= 15 is 0 Å². The summed E-state index contributed by atoms with van der Waals surface area (Å²) in [5, 5.41) is 2.67. The third-order valence-electron chi connectivity index (χ3n) is 2.44. The Labute approximate surface area is 119 Å². The van der Waals surface area contributed by atoms with E-state index in [-0.39, 0.29) is 5.91 Å². The van der Waals surface area contributed by atoms with E-state index < -0.39 is 11.7 Å². The van der Waals surface area contributed by atoms with Crippen LogP contribution < -0.4 is 5.32 Å². The first-order chi connectivity index (χ1) is 9.19. The van der Waals surface area contributed by atoms with Crippen LogP contribution >= 0.6 is 0 Å². The highest BCUT2D eigenvalue weighted by Gasteiger charge is 2.15. The minimum Gasteiger partial charge on any atom is -0.444 e. The molecule has 0 fully saturated rings. The second-order valence-electron chi connectivity index (χ2n) is 5.75. The summed E-state index contributed by atoms with van der Waals surface area (Å²) in [7, 11) is 3.42. The van der Waals surface area contributed by atoms with E-state index in [1.54, 1.807) is 26.2 Å². The molecule has 0 aliphatic rings. The molecule has 1 aromatic rings. The number of nitrogens with one attached hydrogen (secondary N) is 1. The molecule has 0 aromatic heterocycles. The zero-order valence-electron chi connectivity index (χ0n) is 12.7. The monoisotopic (exact) mass is 278 g/mol. The largest absolute Gasteiger partial charge is 0.444 e. The SMILES string of the molecule is CN(C)C(=O)c1ccc(CNC(=O)OC(C)(C)C)cc1. The number of rotatable bonds is 3. The molecular weight excluding hydrogens is 256 g/mol. The number of carbonyl (C=O) groups excluding carboxylic acids is 2. The van der Waals surface area contributed by atoms with Gasteiger partial charge in [-0.05, 0) is 38.5 Å². The summed E-state index contributed by atoms with van der Waals surface area (Å²) < 4.78 is 5.14. The van der Waals surface area contributed by atoms with Gasteiger partial charge in [-0.2, -0.15) is 0 Å². The lowest BCUT2D eigenvalue weighted by Gasteiger charge is -2.19. The van der Waals surface area contributed by atoms with Crippen LogP contribution in [0.1, 0.15) is 36.7 Å². The van der Waals surface area contributed by atoms with Crippen LogP contribution in [0.15, 0.2) is 24.3 Å². The summed E-state index contributed by atoms with van der Waals surface area (Å²) in [4.78, 5) is 24.7. The highest BCUT2D eigenvalue weighted by molar-refractivity contribution is 5.93. The van der Waals surface area contributed by atoms with E-state index in [0.29, 0.717) is 12.1 Å². The molecule has 1 N–H and O–H groups in total. The number of nitrogens with zero attached hydrogens (tertiary/aromatic N) is 1. The summed E-state index contributed by atoms with van der Waals surface area (Å²) in [6, 6.07) is 7.12. The number of amides is 2. The Morgan fingerprint density at radius 3 is 2.15 bits per heavy atom. The zero-order chi connectivity index (χ0) is 15.3. The van der Waals surface area contributed by atoms with Gasteiger partial charge in [0.15, 0.2) is 0 Å². The summed E-state index contributed by atoms with van der Waals surface area (Å²) in [5.41, 5.74) is 1.02. The highest BCUT2D eigenvalue weighted by Crippen LogP contribution is 2.08. The standard InChI is InChI=1S/C15H22N2O3/c1-15(2,3)20-14(19)16-10-11-6-8-12(9-7-11)13(18)17(4)5/h6-9H,10H2,1-5H3,(H,16,19). The minimum absolute atomic E-state index is 0.0448. The second-order valence-corrected chi connectivity index (χ2v) is 5.75. The molecule has 0 unspecified atom stereocenters. The average molecular weight is 278 g/mol. The Balaban J connectivity index is 2.54. The van der Waals surface area contributed by atoms with E-state index in [1.165, 1.54) is 4.90 Å². The van der Waals surface area contributed by atoms with Crippen molar-refractivity contribution in [3.05, 3.63) is 35.4 Å². The highest BCUT2D eigenvalue weighted by atomic mass is 16.6. The van der Waals surface area contributed by atoms with Crippen LogP contribution in [0.25, 0.3) is 0 Å². The maximum absolute atomic E-state index is 11.7. The van der Waals surface area contributed by atoms with E-state index in [4.69, 9.17) is 4.74 Å². The molecule has 0 bridgehead atoms. The number of benzene rings is 1. The first-order valence-electron chi connectivity index (χ1n) is 6.46. The maximum atomic E-state index is 11.7. The zero-order valence-corrected chi connectivity index (χ0v) is 12.7. The molecule has 2 amide bonds. The van der Waals surface area contributed by atoms with Crippen molar-refractivity contribution in [2.45, 2.75) is 32.9 Å². The lowest BCUT2D eigenvalue weighted by molar-refractivity contribution is 0.0523. The molecule has 5 heteroatoms. The Hall–Kier alpha value is -2.04. The van der Waals surface area contributed by atoms with Crippen molar-refractivity contribution in [2.24, 2.45) is 0 Å². The average Bonchev–Trinajstić information content (AvgIpc) is 2.34. The van der Waals surface area contributed by atoms with Crippen molar-refractivity contribution < 1.29 is 14.3 Å². The molecule has 0 heterocycles. The van der Waals surface area contributed by atoms with Crippen LogP contribution in [-0.2, 0) is 11.3 Å². The molecule has 110 valence electrons. The molecule has 1 rings (SSSR count). The van der Waals surface area contributed by atoms with Crippen LogP contribution in [0.4, 0.5) is 4.79 Å². The molecule has 0 aliphatic heterocycles. The third kappa shape index (κ3) is 5.30. The molecule has 0 saturated carbocycles. The summed E-state index contributed by atoms with van der Waals surface area (Å²) >= 11 is 0. The normalized spacial score (nSPS) is 10.8. The predicted molar refractivity (Wildman–Crippen MR) is 77.5 cm³/mol. The quantitative estimate of drug-likeness (QED) is 0.923. The number of alkyl carbamates (subject to hydrolysis) is 1. The fraction of sp³-hybridized carbons (Fsp3) is 0.467. The lowest BCUT2D eigenvalue weighted by atomic mass is 10.1. The van der Waals surface area contributed by atoms with Gasteiger partial charge in [0.1, 0.15) is 5.60 Å². The summed E-state index contributed by atoms with van der Waals surface area (Å²) in [6.07, 6.45) is -0.453. The molecule has 0 saturated heterocycles. The molecule has 0 spiro atoms. The van der Waals surface area contributed by atoms with E-state index in [0.717, 1.165) is 5.56 Å². The van der Waals surface area contributed by atoms with Crippen molar-refractivity contribution in [3.8, 4) is 0 Å². The molecular formula is C15H22N2O3. The number of ether oxygens (including phenoxy) is 1. The summed E-state index contributed by atoms with van der Waals surface area (Å²) in [5.74, 6) is -0.0448. The first kappa shape index (κ1) is 16.0. The van der Waals surface area contributed by atoms with Crippen LogP contribution in [0, 0.1) is 0 Å². The Morgan fingerprint density at radius 1 is 1.15 bits per heavy atom. The first-order valence-corrected chi connectivity index (χ1v) is 6.46. The third-order valence-corrected chi connectivity index (χ3v) is 2.44.